The zero-order chi connectivity index (χ0) is 15.2. The Hall–Kier alpha value is -1.79. The monoisotopic (exact) mass is 273 g/mol. The van der Waals surface area contributed by atoms with Crippen molar-refractivity contribution in [2.75, 3.05) is 6.61 Å². The van der Waals surface area contributed by atoms with Crippen molar-refractivity contribution in [1.82, 2.24) is 5.32 Å². The molecule has 3 heteroatoms. The number of aryl methyl sites for hydroxylation is 1. The van der Waals surface area contributed by atoms with Crippen LogP contribution < -0.4 is 5.32 Å². The second kappa shape index (κ2) is 7.12. The van der Waals surface area contributed by atoms with Crippen LogP contribution in [0.1, 0.15) is 55.1 Å². The molecule has 0 aliphatic carbocycles. The summed E-state index contributed by atoms with van der Waals surface area (Å²) in [6.07, 6.45) is 1.75. The first-order chi connectivity index (χ1) is 9.45. The van der Waals surface area contributed by atoms with Crippen molar-refractivity contribution >= 4 is 5.91 Å². The number of hydrogen-bond donors (Lipinski definition) is 2. The van der Waals surface area contributed by atoms with E-state index in [1.807, 2.05) is 26.0 Å². The molecule has 2 N–H and O–H groups in total. The lowest BCUT2D eigenvalue weighted by Gasteiger charge is -2.28. The number of amides is 1. The topological polar surface area (TPSA) is 49.3 Å². The molecule has 0 radical (unpaired) electrons. The maximum absolute atomic E-state index is 12.4. The fraction of sp³-hybridized carbons (Fsp3) is 0.471. The highest BCUT2D eigenvalue weighted by molar-refractivity contribution is 5.97. The third-order valence-electron chi connectivity index (χ3n) is 3.70. The molecule has 1 rings (SSSR count). The molecule has 1 aromatic carbocycles. The van der Waals surface area contributed by atoms with Crippen LogP contribution in [-0.2, 0) is 0 Å². The van der Waals surface area contributed by atoms with E-state index in [-0.39, 0.29) is 18.1 Å². The van der Waals surface area contributed by atoms with Crippen LogP contribution in [0.15, 0.2) is 18.2 Å². The Balaban J connectivity index is 3.09. The molecule has 0 bridgehead atoms. The van der Waals surface area contributed by atoms with Gasteiger partial charge in [0.1, 0.15) is 6.61 Å². The van der Waals surface area contributed by atoms with Gasteiger partial charge in [0.15, 0.2) is 0 Å². The van der Waals surface area contributed by atoms with Crippen LogP contribution in [0.2, 0.25) is 0 Å². The number of benzene rings is 1. The minimum Gasteiger partial charge on any atom is -0.384 e. The quantitative estimate of drug-likeness (QED) is 0.829. The molecule has 0 atom stereocenters. The fourth-order valence-electron chi connectivity index (χ4n) is 1.86. The van der Waals surface area contributed by atoms with Gasteiger partial charge >= 0.3 is 0 Å². The number of hydrogen-bond acceptors (Lipinski definition) is 2. The minimum atomic E-state index is -0.212. The fourth-order valence-corrected chi connectivity index (χ4v) is 1.86. The SMILES string of the molecule is CCC(C)(CC)NC(=O)c1ccc(C)cc1C#CCO. The second-order valence-corrected chi connectivity index (χ2v) is 5.23. The van der Waals surface area contributed by atoms with Crippen LogP contribution in [0.3, 0.4) is 0 Å². The first-order valence-electron chi connectivity index (χ1n) is 6.98. The Morgan fingerprint density at radius 3 is 2.55 bits per heavy atom. The molecule has 1 amide bonds. The van der Waals surface area contributed by atoms with Gasteiger partial charge in [-0.1, -0.05) is 31.8 Å². The molecule has 0 saturated carbocycles. The van der Waals surface area contributed by atoms with Gasteiger partial charge in [0, 0.05) is 11.1 Å². The molecule has 0 heterocycles. The van der Waals surface area contributed by atoms with Gasteiger partial charge in [0.05, 0.1) is 5.56 Å². The lowest BCUT2D eigenvalue weighted by Crippen LogP contribution is -2.45. The Kier molecular flexibility index (Phi) is 5.79. The highest BCUT2D eigenvalue weighted by Crippen LogP contribution is 2.17. The van der Waals surface area contributed by atoms with Gasteiger partial charge in [-0.2, -0.15) is 0 Å². The Labute approximate surface area is 121 Å². The van der Waals surface area contributed by atoms with E-state index >= 15 is 0 Å². The summed E-state index contributed by atoms with van der Waals surface area (Å²) >= 11 is 0. The molecule has 0 fully saturated rings. The van der Waals surface area contributed by atoms with Gasteiger partial charge in [0.2, 0.25) is 0 Å². The Morgan fingerprint density at radius 1 is 1.35 bits per heavy atom. The van der Waals surface area contributed by atoms with Crippen LogP contribution >= 0.6 is 0 Å². The molecular formula is C17H23NO2. The summed E-state index contributed by atoms with van der Waals surface area (Å²) < 4.78 is 0. The molecule has 0 aliphatic heterocycles. The largest absolute Gasteiger partial charge is 0.384 e. The van der Waals surface area contributed by atoms with Crippen LogP contribution in [0.25, 0.3) is 0 Å². The van der Waals surface area contributed by atoms with Crippen molar-refractivity contribution in [1.29, 1.82) is 0 Å². The molecule has 1 aromatic rings. The molecule has 20 heavy (non-hydrogen) atoms. The molecule has 0 unspecified atom stereocenters. The lowest BCUT2D eigenvalue weighted by molar-refractivity contribution is 0.0901. The summed E-state index contributed by atoms with van der Waals surface area (Å²) in [4.78, 5) is 12.4. The number of rotatable bonds is 4. The maximum Gasteiger partial charge on any atom is 0.252 e. The van der Waals surface area contributed by atoms with Crippen molar-refractivity contribution in [3.05, 3.63) is 34.9 Å². The van der Waals surface area contributed by atoms with Gasteiger partial charge in [-0.3, -0.25) is 4.79 Å². The van der Waals surface area contributed by atoms with E-state index in [4.69, 9.17) is 5.11 Å². The van der Waals surface area contributed by atoms with Crippen LogP contribution in [0.5, 0.6) is 0 Å². The van der Waals surface area contributed by atoms with Crippen LogP contribution in [-0.4, -0.2) is 23.2 Å². The predicted octanol–water partition coefficient (Wildman–Crippen LogP) is 2.65. The average molecular weight is 273 g/mol. The standard InChI is InChI=1S/C17H23NO2/c1-5-17(4,6-2)18-16(20)15-10-9-13(3)12-14(15)8-7-11-19/h9-10,12,19H,5-6,11H2,1-4H3,(H,18,20). The molecule has 0 saturated heterocycles. The van der Waals surface area contributed by atoms with E-state index in [0.717, 1.165) is 18.4 Å². The summed E-state index contributed by atoms with van der Waals surface area (Å²) in [5, 5.41) is 11.9. The molecule has 3 nitrogen and oxygen atoms in total. The summed E-state index contributed by atoms with van der Waals surface area (Å²) in [5.41, 5.74) is 2.05. The smallest absolute Gasteiger partial charge is 0.252 e. The van der Waals surface area contributed by atoms with Crippen molar-refractivity contribution in [2.24, 2.45) is 0 Å². The van der Waals surface area contributed by atoms with Gasteiger partial charge in [-0.25, -0.2) is 0 Å². The third kappa shape index (κ3) is 4.11. The first kappa shape index (κ1) is 16.3. The number of carbonyl (C=O) groups excluding carboxylic acids is 1. The molecule has 0 aromatic heterocycles. The minimum absolute atomic E-state index is 0.113. The van der Waals surface area contributed by atoms with E-state index in [1.54, 1.807) is 6.07 Å². The highest BCUT2D eigenvalue weighted by atomic mass is 16.2. The second-order valence-electron chi connectivity index (χ2n) is 5.23. The Morgan fingerprint density at radius 2 is 2.00 bits per heavy atom. The number of aliphatic hydroxyl groups excluding tert-OH is 1. The Bertz CT molecular complexity index is 534. The summed E-state index contributed by atoms with van der Waals surface area (Å²) in [7, 11) is 0. The van der Waals surface area contributed by atoms with E-state index in [1.165, 1.54) is 0 Å². The molecule has 0 aliphatic rings. The molecule has 108 valence electrons. The van der Waals surface area contributed by atoms with Crippen molar-refractivity contribution in [2.45, 2.75) is 46.1 Å². The van der Waals surface area contributed by atoms with E-state index in [9.17, 15) is 4.79 Å². The predicted molar refractivity (Wildman–Crippen MR) is 81.6 cm³/mol. The summed E-state index contributed by atoms with van der Waals surface area (Å²) in [6, 6.07) is 5.55. The van der Waals surface area contributed by atoms with Gasteiger partial charge < -0.3 is 10.4 Å². The normalized spacial score (nSPS) is 10.7. The molecule has 0 spiro atoms. The summed E-state index contributed by atoms with van der Waals surface area (Å²) in [6.45, 7) is 7.90. The zero-order valence-electron chi connectivity index (χ0n) is 12.7. The van der Waals surface area contributed by atoms with Gasteiger partial charge in [-0.15, -0.1) is 0 Å². The van der Waals surface area contributed by atoms with Crippen molar-refractivity contribution in [3.8, 4) is 11.8 Å². The van der Waals surface area contributed by atoms with Gasteiger partial charge in [0.25, 0.3) is 5.91 Å². The van der Waals surface area contributed by atoms with Crippen molar-refractivity contribution in [3.63, 3.8) is 0 Å². The highest BCUT2D eigenvalue weighted by Gasteiger charge is 2.23. The number of carbonyl (C=O) groups is 1. The van der Waals surface area contributed by atoms with Gasteiger partial charge in [-0.05, 0) is 44.4 Å². The lowest BCUT2D eigenvalue weighted by atomic mass is 9.94. The zero-order valence-corrected chi connectivity index (χ0v) is 12.7. The van der Waals surface area contributed by atoms with Crippen LogP contribution in [0.4, 0.5) is 0 Å². The summed E-state index contributed by atoms with van der Waals surface area (Å²) in [5.74, 6) is 5.34. The molecular weight excluding hydrogens is 250 g/mol. The number of aliphatic hydroxyl groups is 1. The van der Waals surface area contributed by atoms with Crippen LogP contribution in [0, 0.1) is 18.8 Å². The average Bonchev–Trinajstić information content (AvgIpc) is 2.44. The van der Waals surface area contributed by atoms with Crippen molar-refractivity contribution < 1.29 is 9.90 Å². The first-order valence-corrected chi connectivity index (χ1v) is 6.98. The number of nitrogens with one attached hydrogen (secondary N) is 1. The maximum atomic E-state index is 12.4. The third-order valence-corrected chi connectivity index (χ3v) is 3.70. The van der Waals surface area contributed by atoms with E-state index in [2.05, 4.69) is 31.0 Å². The van der Waals surface area contributed by atoms with E-state index in [0.29, 0.717) is 11.1 Å². The van der Waals surface area contributed by atoms with E-state index < -0.39 is 0 Å².